The SMILES string of the molecule is CN(CCC(C)(C)C)C(=O)CCCCCCC(C)(C)C. The molecule has 0 saturated carbocycles. The fourth-order valence-electron chi connectivity index (χ4n) is 2.10. The molecule has 0 unspecified atom stereocenters. The van der Waals surface area contributed by atoms with Crippen molar-refractivity contribution in [3.63, 3.8) is 0 Å². The van der Waals surface area contributed by atoms with Gasteiger partial charge in [-0.3, -0.25) is 4.79 Å². The van der Waals surface area contributed by atoms with E-state index >= 15 is 0 Å². The van der Waals surface area contributed by atoms with E-state index < -0.39 is 0 Å². The zero-order valence-corrected chi connectivity index (χ0v) is 15.0. The summed E-state index contributed by atoms with van der Waals surface area (Å²) in [5, 5.41) is 0. The van der Waals surface area contributed by atoms with E-state index in [-0.39, 0.29) is 0 Å². The highest BCUT2D eigenvalue weighted by Gasteiger charge is 2.14. The molecule has 0 aliphatic heterocycles. The molecule has 0 rings (SSSR count). The number of hydrogen-bond donors (Lipinski definition) is 0. The van der Waals surface area contributed by atoms with E-state index in [2.05, 4.69) is 41.5 Å². The van der Waals surface area contributed by atoms with E-state index in [0.717, 1.165) is 25.8 Å². The van der Waals surface area contributed by atoms with Gasteiger partial charge in [0, 0.05) is 20.0 Å². The highest BCUT2D eigenvalue weighted by molar-refractivity contribution is 5.75. The van der Waals surface area contributed by atoms with Gasteiger partial charge in [0.2, 0.25) is 5.91 Å². The lowest BCUT2D eigenvalue weighted by Crippen LogP contribution is -2.29. The van der Waals surface area contributed by atoms with Crippen LogP contribution in [0, 0.1) is 10.8 Å². The van der Waals surface area contributed by atoms with E-state index in [0.29, 0.717) is 16.7 Å². The van der Waals surface area contributed by atoms with Gasteiger partial charge < -0.3 is 4.90 Å². The monoisotopic (exact) mass is 283 g/mol. The van der Waals surface area contributed by atoms with Crippen LogP contribution in [0.5, 0.6) is 0 Å². The summed E-state index contributed by atoms with van der Waals surface area (Å²) in [5.41, 5.74) is 0.754. The third-order valence-electron chi connectivity index (χ3n) is 3.69. The summed E-state index contributed by atoms with van der Waals surface area (Å²) in [6.45, 7) is 14.4. The van der Waals surface area contributed by atoms with Gasteiger partial charge in [-0.15, -0.1) is 0 Å². The van der Waals surface area contributed by atoms with Crippen molar-refractivity contribution in [1.29, 1.82) is 0 Å². The van der Waals surface area contributed by atoms with E-state index in [4.69, 9.17) is 0 Å². The maximum Gasteiger partial charge on any atom is 0.222 e. The zero-order valence-electron chi connectivity index (χ0n) is 15.0. The topological polar surface area (TPSA) is 20.3 Å². The summed E-state index contributed by atoms with van der Waals surface area (Å²) in [5.74, 6) is 0.310. The van der Waals surface area contributed by atoms with Gasteiger partial charge in [0.1, 0.15) is 0 Å². The standard InChI is InChI=1S/C18H37NO/c1-17(2,3)13-11-9-8-10-12-16(20)19(7)15-14-18(4,5)6/h8-15H2,1-7H3. The average molecular weight is 283 g/mol. The molecule has 0 heterocycles. The van der Waals surface area contributed by atoms with Gasteiger partial charge >= 0.3 is 0 Å². The van der Waals surface area contributed by atoms with Crippen molar-refractivity contribution < 1.29 is 4.79 Å². The molecule has 2 nitrogen and oxygen atoms in total. The first-order valence-electron chi connectivity index (χ1n) is 8.25. The summed E-state index contributed by atoms with van der Waals surface area (Å²) < 4.78 is 0. The molecule has 0 aliphatic rings. The van der Waals surface area contributed by atoms with Crippen molar-refractivity contribution in [2.45, 2.75) is 86.5 Å². The summed E-state index contributed by atoms with van der Waals surface area (Å²) in [4.78, 5) is 13.9. The number of unbranched alkanes of at least 4 members (excludes halogenated alkanes) is 3. The Bertz CT molecular complexity index is 270. The van der Waals surface area contributed by atoms with Gasteiger partial charge in [0.15, 0.2) is 0 Å². The molecule has 0 fully saturated rings. The van der Waals surface area contributed by atoms with Gasteiger partial charge in [0.05, 0.1) is 0 Å². The smallest absolute Gasteiger partial charge is 0.222 e. The molecular formula is C18H37NO. The predicted molar refractivity (Wildman–Crippen MR) is 88.9 cm³/mol. The number of rotatable bonds is 8. The third kappa shape index (κ3) is 12.5. The Hall–Kier alpha value is -0.530. The van der Waals surface area contributed by atoms with Crippen molar-refractivity contribution in [2.24, 2.45) is 10.8 Å². The van der Waals surface area contributed by atoms with Crippen LogP contribution in [0.3, 0.4) is 0 Å². The number of carbonyl (C=O) groups excluding carboxylic acids is 1. The normalized spacial score (nSPS) is 12.6. The number of amides is 1. The molecule has 0 aromatic heterocycles. The lowest BCUT2D eigenvalue weighted by atomic mass is 9.89. The van der Waals surface area contributed by atoms with E-state index in [1.807, 2.05) is 11.9 Å². The van der Waals surface area contributed by atoms with Crippen molar-refractivity contribution in [2.75, 3.05) is 13.6 Å². The summed E-state index contributed by atoms with van der Waals surface area (Å²) in [7, 11) is 1.94. The fraction of sp³-hybridized carbons (Fsp3) is 0.944. The van der Waals surface area contributed by atoms with E-state index in [1.54, 1.807) is 0 Å². The first-order chi connectivity index (χ1) is 9.01. The van der Waals surface area contributed by atoms with Crippen molar-refractivity contribution in [3.05, 3.63) is 0 Å². The molecule has 0 saturated heterocycles. The molecule has 0 spiro atoms. The molecule has 0 atom stereocenters. The quantitative estimate of drug-likeness (QED) is 0.556. The van der Waals surface area contributed by atoms with Gasteiger partial charge in [-0.25, -0.2) is 0 Å². The Balaban J connectivity index is 3.63. The zero-order chi connectivity index (χ0) is 15.8. The number of hydrogen-bond acceptors (Lipinski definition) is 1. The van der Waals surface area contributed by atoms with Crippen LogP contribution in [0.15, 0.2) is 0 Å². The highest BCUT2D eigenvalue weighted by atomic mass is 16.2. The Kier molecular flexibility index (Phi) is 8.46. The van der Waals surface area contributed by atoms with E-state index in [9.17, 15) is 4.79 Å². The van der Waals surface area contributed by atoms with Crippen molar-refractivity contribution >= 4 is 5.91 Å². The van der Waals surface area contributed by atoms with Crippen LogP contribution in [0.1, 0.15) is 86.5 Å². The van der Waals surface area contributed by atoms with Crippen molar-refractivity contribution in [3.8, 4) is 0 Å². The molecule has 2 heteroatoms. The van der Waals surface area contributed by atoms with Crippen LogP contribution in [0.4, 0.5) is 0 Å². The largest absolute Gasteiger partial charge is 0.346 e. The van der Waals surface area contributed by atoms with Gasteiger partial charge in [0.25, 0.3) is 0 Å². The Morgan fingerprint density at radius 1 is 0.800 bits per heavy atom. The lowest BCUT2D eigenvalue weighted by molar-refractivity contribution is -0.130. The third-order valence-corrected chi connectivity index (χ3v) is 3.69. The van der Waals surface area contributed by atoms with Crippen LogP contribution in [0.25, 0.3) is 0 Å². The molecule has 120 valence electrons. The van der Waals surface area contributed by atoms with Crippen LogP contribution in [-0.2, 0) is 4.79 Å². The summed E-state index contributed by atoms with van der Waals surface area (Å²) in [6, 6.07) is 0. The summed E-state index contributed by atoms with van der Waals surface area (Å²) >= 11 is 0. The maximum absolute atomic E-state index is 12.0. The Morgan fingerprint density at radius 2 is 1.30 bits per heavy atom. The molecule has 1 amide bonds. The van der Waals surface area contributed by atoms with Crippen LogP contribution >= 0.6 is 0 Å². The minimum absolute atomic E-state index is 0.307. The molecule has 0 bridgehead atoms. The molecule has 0 N–H and O–H groups in total. The van der Waals surface area contributed by atoms with Crippen molar-refractivity contribution in [1.82, 2.24) is 4.90 Å². The van der Waals surface area contributed by atoms with Crippen LogP contribution in [-0.4, -0.2) is 24.4 Å². The molecule has 0 aliphatic carbocycles. The molecular weight excluding hydrogens is 246 g/mol. The van der Waals surface area contributed by atoms with Gasteiger partial charge in [-0.1, -0.05) is 60.8 Å². The second kappa shape index (κ2) is 8.69. The predicted octanol–water partition coefficient (Wildman–Crippen LogP) is 5.27. The lowest BCUT2D eigenvalue weighted by Gasteiger charge is -2.23. The first kappa shape index (κ1) is 19.5. The Labute approximate surface area is 127 Å². The molecule has 20 heavy (non-hydrogen) atoms. The molecule has 0 aromatic rings. The summed E-state index contributed by atoms with van der Waals surface area (Å²) in [6.07, 6.45) is 7.86. The number of carbonyl (C=O) groups is 1. The second-order valence-corrected chi connectivity index (χ2v) is 8.60. The van der Waals surface area contributed by atoms with E-state index in [1.165, 1.54) is 25.7 Å². The highest BCUT2D eigenvalue weighted by Crippen LogP contribution is 2.22. The van der Waals surface area contributed by atoms with Crippen LogP contribution in [0.2, 0.25) is 0 Å². The maximum atomic E-state index is 12.0. The second-order valence-electron chi connectivity index (χ2n) is 8.60. The number of nitrogens with zero attached hydrogens (tertiary/aromatic N) is 1. The minimum Gasteiger partial charge on any atom is -0.346 e. The first-order valence-corrected chi connectivity index (χ1v) is 8.25. The molecule has 0 radical (unpaired) electrons. The Morgan fingerprint density at radius 3 is 1.80 bits per heavy atom. The molecule has 0 aromatic carbocycles. The van der Waals surface area contributed by atoms with Gasteiger partial charge in [-0.2, -0.15) is 0 Å². The minimum atomic E-state index is 0.307. The van der Waals surface area contributed by atoms with Gasteiger partial charge in [-0.05, 0) is 30.1 Å². The fourth-order valence-corrected chi connectivity index (χ4v) is 2.10. The van der Waals surface area contributed by atoms with Crippen LogP contribution < -0.4 is 0 Å². The average Bonchev–Trinajstić information content (AvgIpc) is 2.27.